The predicted octanol–water partition coefficient (Wildman–Crippen LogP) is 4.19. The number of nitro groups is 1. The SMILES string of the molecule is CCOC(=O)CCc1cc([N+](=O)[O-])ccc1NC1CCc2ccccc21. The largest absolute Gasteiger partial charge is 0.466 e. The zero-order valence-corrected chi connectivity index (χ0v) is 14.7. The molecule has 1 unspecified atom stereocenters. The van der Waals surface area contributed by atoms with Crippen molar-refractivity contribution in [2.24, 2.45) is 0 Å². The quantitative estimate of drug-likeness (QED) is 0.458. The van der Waals surface area contributed by atoms with E-state index in [0.717, 1.165) is 24.1 Å². The van der Waals surface area contributed by atoms with Crippen LogP contribution in [0.1, 0.15) is 42.5 Å². The first-order valence-electron chi connectivity index (χ1n) is 8.85. The maximum absolute atomic E-state index is 11.7. The molecule has 1 N–H and O–H groups in total. The van der Waals surface area contributed by atoms with Gasteiger partial charge in [-0.2, -0.15) is 0 Å². The van der Waals surface area contributed by atoms with E-state index in [4.69, 9.17) is 4.74 Å². The number of hydrogen-bond donors (Lipinski definition) is 1. The van der Waals surface area contributed by atoms with Crippen LogP contribution in [0.15, 0.2) is 42.5 Å². The number of aryl methyl sites for hydroxylation is 2. The van der Waals surface area contributed by atoms with Crippen LogP contribution in [0, 0.1) is 10.1 Å². The lowest BCUT2D eigenvalue weighted by atomic mass is 10.0. The summed E-state index contributed by atoms with van der Waals surface area (Å²) in [5.41, 5.74) is 4.22. The number of anilines is 1. The lowest BCUT2D eigenvalue weighted by molar-refractivity contribution is -0.384. The summed E-state index contributed by atoms with van der Waals surface area (Å²) in [5.74, 6) is -0.295. The zero-order valence-electron chi connectivity index (χ0n) is 14.7. The average Bonchev–Trinajstić information content (AvgIpc) is 3.04. The predicted molar refractivity (Wildman–Crippen MR) is 99.2 cm³/mol. The third-order valence-corrected chi connectivity index (χ3v) is 4.67. The van der Waals surface area contributed by atoms with E-state index in [1.807, 2.05) is 12.1 Å². The maximum Gasteiger partial charge on any atom is 0.306 e. The minimum Gasteiger partial charge on any atom is -0.466 e. The number of hydrogen-bond acceptors (Lipinski definition) is 5. The first-order chi connectivity index (χ1) is 12.6. The van der Waals surface area contributed by atoms with Crippen molar-refractivity contribution < 1.29 is 14.5 Å². The lowest BCUT2D eigenvalue weighted by Gasteiger charge is -2.18. The molecule has 0 bridgehead atoms. The third-order valence-electron chi connectivity index (χ3n) is 4.67. The smallest absolute Gasteiger partial charge is 0.306 e. The fraction of sp³-hybridized carbons (Fsp3) is 0.350. The Morgan fingerprint density at radius 2 is 2.12 bits per heavy atom. The summed E-state index contributed by atoms with van der Waals surface area (Å²) >= 11 is 0. The topological polar surface area (TPSA) is 81.5 Å². The molecule has 3 rings (SSSR count). The van der Waals surface area contributed by atoms with Gasteiger partial charge in [-0.05, 0) is 48.9 Å². The molecule has 0 radical (unpaired) electrons. The summed E-state index contributed by atoms with van der Waals surface area (Å²) in [5, 5.41) is 14.6. The van der Waals surface area contributed by atoms with E-state index in [0.29, 0.717) is 13.0 Å². The fourth-order valence-electron chi connectivity index (χ4n) is 3.41. The van der Waals surface area contributed by atoms with Gasteiger partial charge in [-0.3, -0.25) is 14.9 Å². The Bertz CT molecular complexity index is 819. The second-order valence-corrected chi connectivity index (χ2v) is 6.34. The molecule has 6 nitrogen and oxygen atoms in total. The standard InChI is InChI=1S/C20H22N2O4/c1-2-26-20(23)12-8-15-13-16(22(24)25)9-11-18(15)21-19-10-7-14-5-3-4-6-17(14)19/h3-6,9,11,13,19,21H,2,7-8,10,12H2,1H3. The number of rotatable bonds is 7. The van der Waals surface area contributed by atoms with E-state index in [1.165, 1.54) is 17.2 Å². The Labute approximate surface area is 152 Å². The molecule has 136 valence electrons. The Morgan fingerprint density at radius 3 is 2.88 bits per heavy atom. The van der Waals surface area contributed by atoms with Gasteiger partial charge in [0.25, 0.3) is 5.69 Å². The molecule has 2 aromatic carbocycles. The van der Waals surface area contributed by atoms with E-state index in [1.54, 1.807) is 19.1 Å². The molecule has 0 aliphatic heterocycles. The summed E-state index contributed by atoms with van der Waals surface area (Å²) in [7, 11) is 0. The second kappa shape index (κ2) is 7.99. The number of nitrogens with one attached hydrogen (secondary N) is 1. The monoisotopic (exact) mass is 354 g/mol. The molecular formula is C20H22N2O4. The first kappa shape index (κ1) is 17.9. The molecule has 1 aliphatic rings. The third kappa shape index (κ3) is 4.02. The van der Waals surface area contributed by atoms with Crippen molar-refractivity contribution in [2.75, 3.05) is 11.9 Å². The Balaban J connectivity index is 1.81. The highest BCUT2D eigenvalue weighted by Gasteiger charge is 2.23. The number of ether oxygens (including phenoxy) is 1. The number of carbonyl (C=O) groups excluding carboxylic acids is 1. The van der Waals surface area contributed by atoms with Crippen LogP contribution in [-0.4, -0.2) is 17.5 Å². The van der Waals surface area contributed by atoms with Crippen LogP contribution in [0.5, 0.6) is 0 Å². The Kier molecular flexibility index (Phi) is 5.51. The molecule has 0 saturated heterocycles. The molecule has 0 spiro atoms. The summed E-state index contributed by atoms with van der Waals surface area (Å²) in [6.45, 7) is 2.09. The first-order valence-corrected chi connectivity index (χ1v) is 8.85. The van der Waals surface area contributed by atoms with Crippen molar-refractivity contribution >= 4 is 17.3 Å². The number of nitro benzene ring substituents is 1. The van der Waals surface area contributed by atoms with E-state index in [-0.39, 0.29) is 24.1 Å². The minimum absolute atomic E-state index is 0.0289. The van der Waals surface area contributed by atoms with Gasteiger partial charge in [0.15, 0.2) is 0 Å². The molecule has 26 heavy (non-hydrogen) atoms. The van der Waals surface area contributed by atoms with Crippen LogP contribution in [0.25, 0.3) is 0 Å². The molecule has 1 aliphatic carbocycles. The molecule has 0 fully saturated rings. The number of non-ortho nitro benzene ring substituents is 1. The van der Waals surface area contributed by atoms with Crippen molar-refractivity contribution in [1.29, 1.82) is 0 Å². The van der Waals surface area contributed by atoms with Crippen molar-refractivity contribution in [1.82, 2.24) is 0 Å². The van der Waals surface area contributed by atoms with Gasteiger partial charge < -0.3 is 10.1 Å². The van der Waals surface area contributed by atoms with Crippen molar-refractivity contribution in [3.8, 4) is 0 Å². The fourth-order valence-corrected chi connectivity index (χ4v) is 3.41. The van der Waals surface area contributed by atoms with Gasteiger partial charge in [-0.1, -0.05) is 24.3 Å². The van der Waals surface area contributed by atoms with Crippen molar-refractivity contribution in [2.45, 2.75) is 38.6 Å². The molecule has 2 aromatic rings. The van der Waals surface area contributed by atoms with Crippen molar-refractivity contribution in [3.63, 3.8) is 0 Å². The number of carbonyl (C=O) groups is 1. The number of fused-ring (bicyclic) bond motifs is 1. The molecular weight excluding hydrogens is 332 g/mol. The molecule has 0 heterocycles. The van der Waals surface area contributed by atoms with Gasteiger partial charge in [0.2, 0.25) is 0 Å². The van der Waals surface area contributed by atoms with E-state index in [9.17, 15) is 14.9 Å². The summed E-state index contributed by atoms with van der Waals surface area (Å²) < 4.78 is 4.97. The van der Waals surface area contributed by atoms with Gasteiger partial charge in [0, 0.05) is 24.2 Å². The van der Waals surface area contributed by atoms with Gasteiger partial charge >= 0.3 is 5.97 Å². The number of benzene rings is 2. The van der Waals surface area contributed by atoms with Crippen LogP contribution in [0.2, 0.25) is 0 Å². The second-order valence-electron chi connectivity index (χ2n) is 6.34. The minimum atomic E-state index is -0.414. The normalized spacial score (nSPS) is 15.3. The van der Waals surface area contributed by atoms with Crippen LogP contribution in [0.3, 0.4) is 0 Å². The van der Waals surface area contributed by atoms with Gasteiger partial charge in [0.1, 0.15) is 0 Å². The van der Waals surface area contributed by atoms with Crippen LogP contribution < -0.4 is 5.32 Å². The highest BCUT2D eigenvalue weighted by molar-refractivity contribution is 5.70. The van der Waals surface area contributed by atoms with Gasteiger partial charge in [-0.25, -0.2) is 0 Å². The van der Waals surface area contributed by atoms with Crippen LogP contribution >= 0.6 is 0 Å². The van der Waals surface area contributed by atoms with E-state index >= 15 is 0 Å². The summed E-state index contributed by atoms with van der Waals surface area (Å²) in [4.78, 5) is 22.4. The highest BCUT2D eigenvalue weighted by Crippen LogP contribution is 2.35. The number of nitrogens with zero attached hydrogens (tertiary/aromatic N) is 1. The van der Waals surface area contributed by atoms with E-state index in [2.05, 4.69) is 17.4 Å². The molecule has 0 aromatic heterocycles. The molecule has 0 amide bonds. The molecule has 0 saturated carbocycles. The van der Waals surface area contributed by atoms with Gasteiger partial charge in [0.05, 0.1) is 17.6 Å². The highest BCUT2D eigenvalue weighted by atomic mass is 16.6. The van der Waals surface area contributed by atoms with Gasteiger partial charge in [-0.15, -0.1) is 0 Å². The van der Waals surface area contributed by atoms with Crippen LogP contribution in [-0.2, 0) is 22.4 Å². The zero-order chi connectivity index (χ0) is 18.5. The summed E-state index contributed by atoms with van der Waals surface area (Å²) in [6, 6.07) is 13.3. The van der Waals surface area contributed by atoms with Crippen LogP contribution in [0.4, 0.5) is 11.4 Å². The summed E-state index contributed by atoms with van der Waals surface area (Å²) in [6.07, 6.45) is 2.59. The maximum atomic E-state index is 11.7. The van der Waals surface area contributed by atoms with E-state index < -0.39 is 4.92 Å². The number of esters is 1. The average molecular weight is 354 g/mol. The molecule has 1 atom stereocenters. The Hall–Kier alpha value is -2.89. The Morgan fingerprint density at radius 1 is 1.31 bits per heavy atom. The van der Waals surface area contributed by atoms with Crippen molar-refractivity contribution in [3.05, 3.63) is 69.3 Å². The lowest BCUT2D eigenvalue weighted by Crippen LogP contribution is -2.11. The molecule has 6 heteroatoms.